The topological polar surface area (TPSA) is 30.2 Å². The van der Waals surface area contributed by atoms with Crippen molar-refractivity contribution in [3.63, 3.8) is 0 Å². The predicted octanol–water partition coefficient (Wildman–Crippen LogP) is 4.52. The van der Waals surface area contributed by atoms with Gasteiger partial charge in [0.2, 0.25) is 5.43 Å². The van der Waals surface area contributed by atoms with Gasteiger partial charge in [-0.3, -0.25) is 4.79 Å². The van der Waals surface area contributed by atoms with Crippen molar-refractivity contribution < 1.29 is 8.81 Å². The summed E-state index contributed by atoms with van der Waals surface area (Å²) in [5.74, 6) is -0.440. The molecule has 1 heterocycles. The second-order valence-electron chi connectivity index (χ2n) is 5.39. The number of fused-ring (bicyclic) bond motifs is 1. The highest BCUT2D eigenvalue weighted by Crippen LogP contribution is 2.27. The van der Waals surface area contributed by atoms with Crippen molar-refractivity contribution in [2.45, 2.75) is 20.8 Å². The summed E-state index contributed by atoms with van der Waals surface area (Å²) in [6.07, 6.45) is 1.47. The van der Waals surface area contributed by atoms with E-state index in [0.717, 1.165) is 22.3 Å². The molecule has 2 nitrogen and oxygen atoms in total. The zero-order valence-corrected chi connectivity index (χ0v) is 12.2. The normalized spacial score (nSPS) is 11.0. The Labute approximate surface area is 121 Å². The molecule has 3 rings (SSSR count). The Morgan fingerprint density at radius 3 is 2.33 bits per heavy atom. The average Bonchev–Trinajstić information content (AvgIpc) is 2.41. The first-order valence-electron chi connectivity index (χ1n) is 6.76. The van der Waals surface area contributed by atoms with E-state index in [0.29, 0.717) is 11.1 Å². The monoisotopic (exact) mass is 282 g/mol. The highest BCUT2D eigenvalue weighted by molar-refractivity contribution is 5.83. The van der Waals surface area contributed by atoms with Gasteiger partial charge in [0.15, 0.2) is 0 Å². The van der Waals surface area contributed by atoms with Gasteiger partial charge in [-0.15, -0.1) is 0 Å². The van der Waals surface area contributed by atoms with Gasteiger partial charge in [-0.2, -0.15) is 0 Å². The third-order valence-electron chi connectivity index (χ3n) is 3.68. The molecule has 0 fully saturated rings. The van der Waals surface area contributed by atoms with Gasteiger partial charge in [0.25, 0.3) is 0 Å². The van der Waals surface area contributed by atoms with E-state index in [1.165, 1.54) is 24.5 Å². The second kappa shape index (κ2) is 4.85. The van der Waals surface area contributed by atoms with Crippen molar-refractivity contribution in [3.8, 4) is 11.1 Å². The van der Waals surface area contributed by atoms with Crippen LogP contribution in [0.15, 0.2) is 45.8 Å². The minimum Gasteiger partial charge on any atom is -0.463 e. The largest absolute Gasteiger partial charge is 0.463 e. The molecule has 2 aromatic carbocycles. The molecule has 0 amide bonds. The number of halogens is 1. The molecule has 1 aromatic heterocycles. The van der Waals surface area contributed by atoms with Crippen LogP contribution >= 0.6 is 0 Å². The maximum atomic E-state index is 13.4. The lowest BCUT2D eigenvalue weighted by Crippen LogP contribution is -2.07. The minimum atomic E-state index is -0.440. The summed E-state index contributed by atoms with van der Waals surface area (Å²) >= 11 is 0. The molecular formula is C18H15FO2. The third kappa shape index (κ3) is 2.25. The summed E-state index contributed by atoms with van der Waals surface area (Å²) in [6, 6.07) is 8.04. The fraction of sp³-hybridized carbons (Fsp3) is 0.167. The van der Waals surface area contributed by atoms with Gasteiger partial charge in [0, 0.05) is 0 Å². The molecule has 0 spiro atoms. The van der Waals surface area contributed by atoms with Crippen LogP contribution in [0.5, 0.6) is 0 Å². The lowest BCUT2D eigenvalue weighted by Gasteiger charge is -2.11. The third-order valence-corrected chi connectivity index (χ3v) is 3.68. The predicted molar refractivity (Wildman–Crippen MR) is 82.1 cm³/mol. The number of hydrogen-bond acceptors (Lipinski definition) is 2. The zero-order valence-electron chi connectivity index (χ0n) is 12.2. The lowest BCUT2D eigenvalue weighted by atomic mass is 9.94. The first-order valence-corrected chi connectivity index (χ1v) is 6.76. The van der Waals surface area contributed by atoms with E-state index in [2.05, 4.69) is 0 Å². The molecule has 106 valence electrons. The lowest BCUT2D eigenvalue weighted by molar-refractivity contribution is 0.598. The Balaban J connectivity index is 2.37. The smallest absolute Gasteiger partial charge is 0.200 e. The molecule has 0 aliphatic heterocycles. The number of benzene rings is 2. The molecule has 0 bridgehead atoms. The molecular weight excluding hydrogens is 267 g/mol. The maximum absolute atomic E-state index is 13.4. The van der Waals surface area contributed by atoms with E-state index in [1.54, 1.807) is 0 Å². The van der Waals surface area contributed by atoms with Crippen molar-refractivity contribution in [3.05, 3.63) is 69.3 Å². The number of hydrogen-bond donors (Lipinski definition) is 0. The van der Waals surface area contributed by atoms with Gasteiger partial charge in [0.1, 0.15) is 17.7 Å². The average molecular weight is 282 g/mol. The highest BCUT2D eigenvalue weighted by Gasteiger charge is 2.14. The molecule has 0 aliphatic carbocycles. The van der Waals surface area contributed by atoms with Gasteiger partial charge in [-0.05, 0) is 55.7 Å². The summed E-state index contributed by atoms with van der Waals surface area (Å²) in [4.78, 5) is 12.6. The van der Waals surface area contributed by atoms with Crippen LogP contribution in [0.25, 0.3) is 22.1 Å². The Morgan fingerprint density at radius 2 is 1.67 bits per heavy atom. The van der Waals surface area contributed by atoms with Crippen LogP contribution in [0.4, 0.5) is 4.39 Å². The van der Waals surface area contributed by atoms with E-state index in [-0.39, 0.29) is 10.8 Å². The molecule has 0 saturated carbocycles. The molecule has 3 heteroatoms. The fourth-order valence-electron chi connectivity index (χ4n) is 2.88. The van der Waals surface area contributed by atoms with Crippen molar-refractivity contribution in [1.82, 2.24) is 0 Å². The molecule has 0 atom stereocenters. The van der Waals surface area contributed by atoms with Crippen molar-refractivity contribution in [1.29, 1.82) is 0 Å². The van der Waals surface area contributed by atoms with Gasteiger partial charge >= 0.3 is 0 Å². The van der Waals surface area contributed by atoms with Crippen LogP contribution in [-0.2, 0) is 0 Å². The molecule has 0 aliphatic rings. The number of aryl methyl sites for hydroxylation is 3. The molecule has 0 radical (unpaired) electrons. The van der Waals surface area contributed by atoms with Crippen LogP contribution in [0.3, 0.4) is 0 Å². The quantitative estimate of drug-likeness (QED) is 0.656. The molecule has 0 N–H and O–H groups in total. The van der Waals surface area contributed by atoms with Crippen molar-refractivity contribution >= 4 is 11.0 Å². The maximum Gasteiger partial charge on any atom is 0.200 e. The summed E-state index contributed by atoms with van der Waals surface area (Å²) in [6.45, 7) is 5.94. The Hall–Kier alpha value is -2.42. The van der Waals surface area contributed by atoms with Crippen molar-refractivity contribution in [2.24, 2.45) is 0 Å². The molecule has 21 heavy (non-hydrogen) atoms. The van der Waals surface area contributed by atoms with Crippen LogP contribution in [-0.4, -0.2) is 0 Å². The Morgan fingerprint density at radius 1 is 1.00 bits per heavy atom. The van der Waals surface area contributed by atoms with Crippen molar-refractivity contribution in [2.75, 3.05) is 0 Å². The summed E-state index contributed by atoms with van der Waals surface area (Å²) in [5.41, 5.74) is 4.69. The molecule has 0 unspecified atom stereocenters. The summed E-state index contributed by atoms with van der Waals surface area (Å²) in [7, 11) is 0. The van der Waals surface area contributed by atoms with E-state index in [4.69, 9.17) is 4.42 Å². The zero-order chi connectivity index (χ0) is 15.1. The standard InChI is InChI=1S/C18H15FO2/c1-10-6-11(2)17(12(3)7-10)15-9-21-16-5-4-13(19)8-14(16)18(15)20/h4-9H,1-3H3. The van der Waals surface area contributed by atoms with E-state index >= 15 is 0 Å². The van der Waals surface area contributed by atoms with Crippen LogP contribution < -0.4 is 5.43 Å². The van der Waals surface area contributed by atoms with Crippen LogP contribution in [0, 0.1) is 26.6 Å². The van der Waals surface area contributed by atoms with Crippen LogP contribution in [0.2, 0.25) is 0 Å². The second-order valence-corrected chi connectivity index (χ2v) is 5.39. The number of rotatable bonds is 1. The van der Waals surface area contributed by atoms with E-state index in [1.807, 2.05) is 32.9 Å². The van der Waals surface area contributed by atoms with Gasteiger partial charge in [0.05, 0.1) is 10.9 Å². The Bertz CT molecular complexity index is 884. The fourth-order valence-corrected chi connectivity index (χ4v) is 2.88. The molecule has 0 saturated heterocycles. The van der Waals surface area contributed by atoms with E-state index < -0.39 is 5.82 Å². The minimum absolute atomic E-state index is 0.203. The molecule has 3 aromatic rings. The van der Waals surface area contributed by atoms with Crippen LogP contribution in [0.1, 0.15) is 16.7 Å². The summed E-state index contributed by atoms with van der Waals surface area (Å²) in [5, 5.41) is 0.270. The highest BCUT2D eigenvalue weighted by atomic mass is 19.1. The van der Waals surface area contributed by atoms with E-state index in [9.17, 15) is 9.18 Å². The van der Waals surface area contributed by atoms with Gasteiger partial charge in [-0.1, -0.05) is 17.7 Å². The first-order chi connectivity index (χ1) is 9.97. The SMILES string of the molecule is Cc1cc(C)c(-c2coc3ccc(F)cc3c2=O)c(C)c1. The van der Waals surface area contributed by atoms with Gasteiger partial charge in [-0.25, -0.2) is 4.39 Å². The van der Waals surface area contributed by atoms with Gasteiger partial charge < -0.3 is 4.42 Å². The Kier molecular flexibility index (Phi) is 3.13. The first kappa shape index (κ1) is 13.6. The summed E-state index contributed by atoms with van der Waals surface area (Å²) < 4.78 is 18.9.